The summed E-state index contributed by atoms with van der Waals surface area (Å²) in [6, 6.07) is 48.1. The van der Waals surface area contributed by atoms with E-state index in [9.17, 15) is 0 Å². The van der Waals surface area contributed by atoms with Crippen molar-refractivity contribution in [3.63, 3.8) is 0 Å². The molecular weight excluding hydrogens is 599 g/mol. The van der Waals surface area contributed by atoms with Gasteiger partial charge in [-0.3, -0.25) is 4.90 Å². The van der Waals surface area contributed by atoms with E-state index in [2.05, 4.69) is 164 Å². The Hall–Kier alpha value is -5.94. The fourth-order valence-corrected chi connectivity index (χ4v) is 8.58. The van der Waals surface area contributed by atoms with Crippen molar-refractivity contribution in [3.8, 4) is 22.3 Å². The molecule has 0 atom stereocenters. The third-order valence-electron chi connectivity index (χ3n) is 10.7. The largest absolute Gasteiger partial charge is 0.468 e. The average Bonchev–Trinajstić information content (AvgIpc) is 3.70. The Kier molecular flexibility index (Phi) is 5.17. The summed E-state index contributed by atoms with van der Waals surface area (Å²) in [6.45, 7) is 6.74. The second-order valence-corrected chi connectivity index (χ2v) is 14.5. The quantitative estimate of drug-likeness (QED) is 0.169. The maximum absolute atomic E-state index is 7.18. The molecule has 2 aromatic heterocycles. The van der Waals surface area contributed by atoms with Crippen LogP contribution in [0.4, 0.5) is 34.3 Å². The molecule has 3 aliphatic heterocycles. The Morgan fingerprint density at radius 1 is 0.531 bits per heavy atom. The van der Waals surface area contributed by atoms with Gasteiger partial charge in [0.15, 0.2) is 0 Å². The summed E-state index contributed by atoms with van der Waals surface area (Å²) >= 11 is 0. The van der Waals surface area contributed by atoms with E-state index in [0.29, 0.717) is 0 Å². The number of fused-ring (bicyclic) bond motifs is 11. The Morgan fingerprint density at radius 2 is 1.16 bits per heavy atom. The molecule has 8 aromatic rings. The summed E-state index contributed by atoms with van der Waals surface area (Å²) in [5, 5.41) is 2.26. The molecule has 3 aliphatic rings. The molecule has 0 saturated carbocycles. The molecule has 0 aliphatic carbocycles. The first kappa shape index (κ1) is 27.1. The van der Waals surface area contributed by atoms with Crippen molar-refractivity contribution in [1.29, 1.82) is 0 Å². The van der Waals surface area contributed by atoms with E-state index in [4.69, 9.17) is 8.83 Å². The van der Waals surface area contributed by atoms with Crippen molar-refractivity contribution in [1.82, 2.24) is 0 Å². The van der Waals surface area contributed by atoms with Gasteiger partial charge in [-0.1, -0.05) is 112 Å². The molecule has 0 saturated heterocycles. The SMILES string of the molecule is CC(C)(C)c1cc2c3c(c1)N1c4ccccc4-c4ccccc4-c4cccc5oc(c1c45)B3c1c(oc3ccccc13)N2c1ccccc1. The predicted octanol–water partition coefficient (Wildman–Crippen LogP) is 10.2. The fourth-order valence-electron chi connectivity index (χ4n) is 8.58. The first-order valence-electron chi connectivity index (χ1n) is 17.1. The molecule has 232 valence electrons. The van der Waals surface area contributed by atoms with Crippen LogP contribution in [0.25, 0.3) is 44.2 Å². The number of hydrogen-bond acceptors (Lipinski definition) is 4. The number of nitrogens with zero attached hydrogens (tertiary/aromatic N) is 2. The summed E-state index contributed by atoms with van der Waals surface area (Å²) in [7, 11) is 0. The lowest BCUT2D eigenvalue weighted by molar-refractivity contribution is 0.590. The van der Waals surface area contributed by atoms with Gasteiger partial charge in [0.05, 0.1) is 22.4 Å². The number of anilines is 6. The van der Waals surface area contributed by atoms with Crippen LogP contribution in [0.15, 0.2) is 142 Å². The van der Waals surface area contributed by atoms with Crippen LogP contribution in [-0.4, -0.2) is 6.71 Å². The number of rotatable bonds is 1. The van der Waals surface area contributed by atoms with E-state index in [1.807, 2.05) is 0 Å². The van der Waals surface area contributed by atoms with Crippen LogP contribution < -0.4 is 26.4 Å². The summed E-state index contributed by atoms with van der Waals surface area (Å²) in [5.41, 5.74) is 16.7. The molecule has 0 radical (unpaired) electrons. The molecule has 0 spiro atoms. The van der Waals surface area contributed by atoms with Gasteiger partial charge < -0.3 is 13.7 Å². The molecule has 11 rings (SSSR count). The fraction of sp³-hybridized carbons (Fsp3) is 0.0909. The minimum atomic E-state index is -0.175. The van der Waals surface area contributed by atoms with E-state index in [-0.39, 0.29) is 12.1 Å². The molecule has 0 unspecified atom stereocenters. The van der Waals surface area contributed by atoms with Crippen LogP contribution in [-0.2, 0) is 5.41 Å². The van der Waals surface area contributed by atoms with Crippen LogP contribution >= 0.6 is 0 Å². The third-order valence-corrected chi connectivity index (χ3v) is 10.7. The van der Waals surface area contributed by atoms with E-state index in [1.165, 1.54) is 39.0 Å². The zero-order valence-corrected chi connectivity index (χ0v) is 27.5. The molecule has 5 heterocycles. The van der Waals surface area contributed by atoms with Gasteiger partial charge in [0.25, 0.3) is 0 Å². The molecule has 0 N–H and O–H groups in total. The molecule has 0 amide bonds. The van der Waals surface area contributed by atoms with Crippen molar-refractivity contribution in [3.05, 3.63) is 139 Å². The van der Waals surface area contributed by atoms with E-state index < -0.39 is 0 Å². The monoisotopic (exact) mass is 630 g/mol. The van der Waals surface area contributed by atoms with Crippen molar-refractivity contribution in [2.75, 3.05) is 9.80 Å². The normalized spacial score (nSPS) is 13.9. The number of benzene rings is 6. The highest BCUT2D eigenvalue weighted by molar-refractivity contribution is 7.01. The van der Waals surface area contributed by atoms with Gasteiger partial charge in [-0.05, 0) is 75.6 Å². The maximum atomic E-state index is 7.18. The standard InChI is InChI=1S/C44H31BN2O2/c1-44(2,3)26-24-34-40-35(25-26)47-33-21-11-9-18-30(33)28-16-7-8-17-29(28)31-20-13-23-37-38(31)41(47)42(48-37)45(40)39-32-19-10-12-22-36(32)49-43(39)46(34)27-14-5-4-6-15-27/h4-25H,1-3H3. The van der Waals surface area contributed by atoms with E-state index >= 15 is 0 Å². The minimum absolute atomic E-state index is 0.115. The third kappa shape index (κ3) is 3.49. The molecule has 4 nitrogen and oxygen atoms in total. The molecule has 6 aromatic carbocycles. The maximum Gasteiger partial charge on any atom is 0.302 e. The zero-order valence-electron chi connectivity index (χ0n) is 27.5. The van der Waals surface area contributed by atoms with Gasteiger partial charge in [0.2, 0.25) is 5.88 Å². The number of hydrogen-bond donors (Lipinski definition) is 0. The first-order valence-corrected chi connectivity index (χ1v) is 17.1. The molecule has 5 heteroatoms. The first-order chi connectivity index (χ1) is 24.0. The Labute approximate surface area is 284 Å². The highest BCUT2D eigenvalue weighted by atomic mass is 16.4. The summed E-state index contributed by atoms with van der Waals surface area (Å²) in [6.07, 6.45) is 0. The minimum Gasteiger partial charge on any atom is -0.468 e. The van der Waals surface area contributed by atoms with Gasteiger partial charge in [0.1, 0.15) is 11.2 Å². The number of furan rings is 2. The zero-order chi connectivity index (χ0) is 32.6. The predicted molar refractivity (Wildman–Crippen MR) is 203 cm³/mol. The molecule has 49 heavy (non-hydrogen) atoms. The Balaban J connectivity index is 1.37. The average molecular weight is 631 g/mol. The Morgan fingerprint density at radius 3 is 1.96 bits per heavy atom. The summed E-state index contributed by atoms with van der Waals surface area (Å²) < 4.78 is 14.1. The van der Waals surface area contributed by atoms with Gasteiger partial charge in [-0.25, -0.2) is 0 Å². The van der Waals surface area contributed by atoms with Gasteiger partial charge in [-0.15, -0.1) is 0 Å². The smallest absolute Gasteiger partial charge is 0.302 e. The second kappa shape index (κ2) is 9.36. The Bertz CT molecular complexity index is 2680. The molecule has 0 bridgehead atoms. The second-order valence-electron chi connectivity index (χ2n) is 14.5. The van der Waals surface area contributed by atoms with Crippen molar-refractivity contribution < 1.29 is 8.83 Å². The van der Waals surface area contributed by atoms with Crippen LogP contribution in [0.3, 0.4) is 0 Å². The van der Waals surface area contributed by atoms with Crippen molar-refractivity contribution in [2.45, 2.75) is 26.2 Å². The molecule has 0 fully saturated rings. The lowest BCUT2D eigenvalue weighted by Crippen LogP contribution is -2.60. The lowest BCUT2D eigenvalue weighted by Gasteiger charge is -2.42. The van der Waals surface area contributed by atoms with Crippen LogP contribution in [0, 0.1) is 0 Å². The highest BCUT2D eigenvalue weighted by Gasteiger charge is 2.50. The highest BCUT2D eigenvalue weighted by Crippen LogP contribution is 2.54. The summed E-state index contributed by atoms with van der Waals surface area (Å²) in [4.78, 5) is 4.85. The van der Waals surface area contributed by atoms with Crippen LogP contribution in [0.2, 0.25) is 0 Å². The van der Waals surface area contributed by atoms with Gasteiger partial charge >= 0.3 is 6.71 Å². The van der Waals surface area contributed by atoms with Crippen LogP contribution in [0.1, 0.15) is 26.3 Å². The molecular formula is C44H31BN2O2. The van der Waals surface area contributed by atoms with Crippen molar-refractivity contribution in [2.24, 2.45) is 0 Å². The van der Waals surface area contributed by atoms with E-state index in [0.717, 1.165) is 61.7 Å². The van der Waals surface area contributed by atoms with Gasteiger partial charge in [0, 0.05) is 33.5 Å². The van der Waals surface area contributed by atoms with Crippen LogP contribution in [0.5, 0.6) is 0 Å². The van der Waals surface area contributed by atoms with Gasteiger partial charge in [-0.2, -0.15) is 0 Å². The topological polar surface area (TPSA) is 32.8 Å². The van der Waals surface area contributed by atoms with Crippen molar-refractivity contribution >= 4 is 79.6 Å². The summed E-state index contributed by atoms with van der Waals surface area (Å²) in [5.74, 6) is 0.847. The van der Waals surface area contributed by atoms with E-state index in [1.54, 1.807) is 0 Å². The lowest BCUT2D eigenvalue weighted by atomic mass is 9.35. The number of para-hydroxylation sites is 3.